The van der Waals surface area contributed by atoms with Gasteiger partial charge in [-0.05, 0) is 29.1 Å². The number of benzene rings is 1. The minimum atomic E-state index is -1.81. The fraction of sp³-hybridized carbons (Fsp3) is 0.250. The van der Waals surface area contributed by atoms with Gasteiger partial charge in [-0.1, -0.05) is 6.07 Å². The topological polar surface area (TPSA) is 82.7 Å². The SMILES string of the molecule is Cn1ccc2cc(C(O)C(O)C(=O)O)ccc21. The minimum absolute atomic E-state index is 0.388. The Morgan fingerprint density at radius 1 is 1.29 bits per heavy atom. The minimum Gasteiger partial charge on any atom is -0.479 e. The van der Waals surface area contributed by atoms with Crippen molar-refractivity contribution in [2.45, 2.75) is 12.2 Å². The van der Waals surface area contributed by atoms with E-state index in [1.807, 2.05) is 23.9 Å². The van der Waals surface area contributed by atoms with Gasteiger partial charge >= 0.3 is 5.97 Å². The summed E-state index contributed by atoms with van der Waals surface area (Å²) in [6.45, 7) is 0. The molecule has 0 fully saturated rings. The number of aryl methyl sites for hydroxylation is 1. The van der Waals surface area contributed by atoms with Gasteiger partial charge in [-0.3, -0.25) is 0 Å². The first-order valence-electron chi connectivity index (χ1n) is 5.14. The third-order valence-corrected chi connectivity index (χ3v) is 2.80. The molecule has 0 saturated heterocycles. The first-order valence-corrected chi connectivity index (χ1v) is 5.14. The maximum absolute atomic E-state index is 10.6. The van der Waals surface area contributed by atoms with E-state index in [0.29, 0.717) is 5.56 Å². The van der Waals surface area contributed by atoms with Gasteiger partial charge in [0.2, 0.25) is 0 Å². The second-order valence-electron chi connectivity index (χ2n) is 3.97. The Morgan fingerprint density at radius 2 is 2.00 bits per heavy atom. The summed E-state index contributed by atoms with van der Waals surface area (Å²) in [5.41, 5.74) is 1.37. The normalized spacial score (nSPS) is 14.8. The number of carboxylic acids is 1. The van der Waals surface area contributed by atoms with Gasteiger partial charge in [-0.2, -0.15) is 0 Å². The molecule has 0 amide bonds. The van der Waals surface area contributed by atoms with Crippen LogP contribution in [0.25, 0.3) is 10.9 Å². The highest BCUT2D eigenvalue weighted by atomic mass is 16.4. The molecule has 2 unspecified atom stereocenters. The maximum atomic E-state index is 10.6. The Bertz CT molecular complexity index is 561. The van der Waals surface area contributed by atoms with E-state index >= 15 is 0 Å². The summed E-state index contributed by atoms with van der Waals surface area (Å²) in [5, 5.41) is 28.5. The van der Waals surface area contributed by atoms with Gasteiger partial charge in [-0.15, -0.1) is 0 Å². The first-order chi connectivity index (χ1) is 8.00. The summed E-state index contributed by atoms with van der Waals surface area (Å²) in [5.74, 6) is -1.44. The zero-order valence-electron chi connectivity index (χ0n) is 9.24. The summed E-state index contributed by atoms with van der Waals surface area (Å²) in [4.78, 5) is 10.6. The highest BCUT2D eigenvalue weighted by molar-refractivity contribution is 5.81. The molecule has 2 atom stereocenters. The van der Waals surface area contributed by atoms with Gasteiger partial charge in [0.25, 0.3) is 0 Å². The van der Waals surface area contributed by atoms with E-state index < -0.39 is 18.2 Å². The van der Waals surface area contributed by atoms with E-state index in [1.54, 1.807) is 18.2 Å². The van der Waals surface area contributed by atoms with Gasteiger partial charge in [0, 0.05) is 18.8 Å². The summed E-state index contributed by atoms with van der Waals surface area (Å²) in [6, 6.07) is 6.92. The van der Waals surface area contributed by atoms with E-state index in [0.717, 1.165) is 10.9 Å². The molecule has 3 N–H and O–H groups in total. The molecule has 1 aromatic carbocycles. The monoisotopic (exact) mass is 235 g/mol. The number of nitrogens with zero attached hydrogens (tertiary/aromatic N) is 1. The van der Waals surface area contributed by atoms with Crippen molar-refractivity contribution >= 4 is 16.9 Å². The molecule has 0 spiro atoms. The van der Waals surface area contributed by atoms with Crippen LogP contribution >= 0.6 is 0 Å². The zero-order chi connectivity index (χ0) is 12.6. The molecule has 90 valence electrons. The van der Waals surface area contributed by atoms with Crippen LogP contribution in [-0.4, -0.2) is 32.0 Å². The number of aromatic nitrogens is 1. The standard InChI is InChI=1S/C12H13NO4/c1-13-5-4-7-6-8(2-3-9(7)13)10(14)11(15)12(16)17/h2-6,10-11,14-15H,1H3,(H,16,17). The predicted octanol–water partition coefficient (Wildman–Crippen LogP) is 0.657. The number of carbonyl (C=O) groups is 1. The second-order valence-corrected chi connectivity index (χ2v) is 3.97. The summed E-state index contributed by atoms with van der Waals surface area (Å²) >= 11 is 0. The number of hydrogen-bond acceptors (Lipinski definition) is 3. The summed E-state index contributed by atoms with van der Waals surface area (Å²) in [6.07, 6.45) is -1.36. The third kappa shape index (κ3) is 2.02. The lowest BCUT2D eigenvalue weighted by Gasteiger charge is -2.14. The molecule has 0 aliphatic heterocycles. The predicted molar refractivity (Wildman–Crippen MR) is 61.5 cm³/mol. The molecule has 0 radical (unpaired) electrons. The van der Waals surface area contributed by atoms with Crippen LogP contribution in [0.2, 0.25) is 0 Å². The van der Waals surface area contributed by atoms with Crippen molar-refractivity contribution in [1.29, 1.82) is 0 Å². The van der Waals surface area contributed by atoms with Gasteiger partial charge in [0.05, 0.1) is 0 Å². The van der Waals surface area contributed by atoms with Crippen LogP contribution < -0.4 is 0 Å². The van der Waals surface area contributed by atoms with Crippen molar-refractivity contribution in [1.82, 2.24) is 4.57 Å². The van der Waals surface area contributed by atoms with Gasteiger partial charge in [-0.25, -0.2) is 4.79 Å². The largest absolute Gasteiger partial charge is 0.479 e. The molecule has 5 nitrogen and oxygen atoms in total. The van der Waals surface area contributed by atoms with Gasteiger partial charge in [0.1, 0.15) is 6.10 Å². The van der Waals surface area contributed by atoms with Crippen LogP contribution in [-0.2, 0) is 11.8 Å². The number of carboxylic acid groups (broad SMARTS) is 1. The molecule has 5 heteroatoms. The van der Waals surface area contributed by atoms with E-state index in [-0.39, 0.29) is 0 Å². The number of aliphatic hydroxyl groups is 2. The second kappa shape index (κ2) is 4.20. The fourth-order valence-electron chi connectivity index (χ4n) is 1.80. The van der Waals surface area contributed by atoms with Crippen molar-refractivity contribution in [2.75, 3.05) is 0 Å². The molecule has 1 heterocycles. The van der Waals surface area contributed by atoms with Crippen molar-refractivity contribution in [2.24, 2.45) is 7.05 Å². The molecule has 1 aromatic heterocycles. The van der Waals surface area contributed by atoms with E-state index in [2.05, 4.69) is 0 Å². The average molecular weight is 235 g/mol. The molecular formula is C12H13NO4. The number of aliphatic carboxylic acids is 1. The van der Waals surface area contributed by atoms with Crippen LogP contribution in [0.5, 0.6) is 0 Å². The van der Waals surface area contributed by atoms with Crippen LogP contribution in [0.3, 0.4) is 0 Å². The summed E-state index contributed by atoms with van der Waals surface area (Å²) < 4.78 is 1.92. The zero-order valence-corrected chi connectivity index (χ0v) is 9.24. The lowest BCUT2D eigenvalue weighted by atomic mass is 10.0. The smallest absolute Gasteiger partial charge is 0.335 e. The number of hydrogen-bond donors (Lipinski definition) is 3. The van der Waals surface area contributed by atoms with E-state index in [4.69, 9.17) is 5.11 Å². The molecular weight excluding hydrogens is 222 g/mol. The Balaban J connectivity index is 2.39. The molecule has 0 saturated carbocycles. The molecule has 17 heavy (non-hydrogen) atoms. The third-order valence-electron chi connectivity index (χ3n) is 2.80. The molecule has 0 bridgehead atoms. The van der Waals surface area contributed by atoms with Crippen LogP contribution in [0.15, 0.2) is 30.5 Å². The summed E-state index contributed by atoms with van der Waals surface area (Å²) in [7, 11) is 1.89. The molecule has 2 rings (SSSR count). The number of fused-ring (bicyclic) bond motifs is 1. The fourth-order valence-corrected chi connectivity index (χ4v) is 1.80. The highest BCUT2D eigenvalue weighted by Gasteiger charge is 2.25. The van der Waals surface area contributed by atoms with Crippen LogP contribution in [0.4, 0.5) is 0 Å². The molecule has 2 aromatic rings. The number of rotatable bonds is 3. The number of aliphatic hydroxyl groups excluding tert-OH is 2. The van der Waals surface area contributed by atoms with Crippen LogP contribution in [0.1, 0.15) is 11.7 Å². The van der Waals surface area contributed by atoms with Gasteiger partial charge in [0.15, 0.2) is 6.10 Å². The van der Waals surface area contributed by atoms with Crippen molar-refractivity contribution in [3.63, 3.8) is 0 Å². The van der Waals surface area contributed by atoms with E-state index in [1.165, 1.54) is 0 Å². The highest BCUT2D eigenvalue weighted by Crippen LogP contribution is 2.23. The van der Waals surface area contributed by atoms with Gasteiger partial charge < -0.3 is 19.9 Å². The average Bonchev–Trinajstić information content (AvgIpc) is 2.68. The lowest BCUT2D eigenvalue weighted by Crippen LogP contribution is -2.27. The molecule has 0 aliphatic carbocycles. The Morgan fingerprint density at radius 3 is 2.65 bits per heavy atom. The Hall–Kier alpha value is -1.85. The lowest BCUT2D eigenvalue weighted by molar-refractivity contribution is -0.153. The van der Waals surface area contributed by atoms with Crippen molar-refractivity contribution in [3.05, 3.63) is 36.0 Å². The Kier molecular flexibility index (Phi) is 2.87. The van der Waals surface area contributed by atoms with Crippen molar-refractivity contribution in [3.8, 4) is 0 Å². The quantitative estimate of drug-likeness (QED) is 0.729. The first kappa shape index (κ1) is 11.6. The van der Waals surface area contributed by atoms with E-state index in [9.17, 15) is 15.0 Å². The maximum Gasteiger partial charge on any atom is 0.335 e. The Labute approximate surface area is 97.5 Å². The van der Waals surface area contributed by atoms with Crippen molar-refractivity contribution < 1.29 is 20.1 Å². The molecule has 0 aliphatic rings. The van der Waals surface area contributed by atoms with Crippen LogP contribution in [0, 0.1) is 0 Å².